The van der Waals surface area contributed by atoms with Crippen LogP contribution < -0.4 is 10.1 Å². The van der Waals surface area contributed by atoms with Crippen LogP contribution in [0.5, 0.6) is 5.88 Å². The van der Waals surface area contributed by atoms with E-state index in [9.17, 15) is 9.18 Å². The van der Waals surface area contributed by atoms with E-state index in [1.54, 1.807) is 11.0 Å². The van der Waals surface area contributed by atoms with Crippen molar-refractivity contribution in [3.05, 3.63) is 42.0 Å². The van der Waals surface area contributed by atoms with Gasteiger partial charge < -0.3 is 19.7 Å². The Bertz CT molecular complexity index is 907. The first-order valence-corrected chi connectivity index (χ1v) is 9.35. The highest BCUT2D eigenvalue weighted by Gasteiger charge is 2.25. The highest BCUT2D eigenvalue weighted by molar-refractivity contribution is 5.67. The lowest BCUT2D eigenvalue weighted by atomic mass is 10.1. The van der Waals surface area contributed by atoms with Crippen molar-refractivity contribution in [3.8, 4) is 11.9 Å². The molecule has 0 unspecified atom stereocenters. The van der Waals surface area contributed by atoms with Gasteiger partial charge in [-0.1, -0.05) is 0 Å². The number of piperidine rings is 1. The van der Waals surface area contributed by atoms with Crippen LogP contribution in [0.15, 0.2) is 30.6 Å². The van der Waals surface area contributed by atoms with Gasteiger partial charge in [0.15, 0.2) is 0 Å². The Labute approximate surface area is 168 Å². The van der Waals surface area contributed by atoms with E-state index in [4.69, 9.17) is 14.7 Å². The largest absolute Gasteiger partial charge is 0.474 e. The summed E-state index contributed by atoms with van der Waals surface area (Å²) in [6.07, 6.45) is 2.09. The van der Waals surface area contributed by atoms with Gasteiger partial charge in [0.1, 0.15) is 24.1 Å². The molecule has 1 aliphatic rings. The lowest BCUT2D eigenvalue weighted by molar-refractivity contribution is 0.0507. The number of carbonyl (C=O) groups is 1. The molecule has 0 bridgehead atoms. The molecule has 0 saturated carbocycles. The molecule has 1 aromatic carbocycles. The number of benzene rings is 1. The van der Waals surface area contributed by atoms with E-state index in [1.165, 1.54) is 18.5 Å². The monoisotopic (exact) mass is 399 g/mol. The van der Waals surface area contributed by atoms with Crippen molar-refractivity contribution in [1.82, 2.24) is 14.9 Å². The maximum atomic E-state index is 14.0. The van der Waals surface area contributed by atoms with Crippen LogP contribution in [-0.4, -0.2) is 46.3 Å². The minimum absolute atomic E-state index is 0.0903. The van der Waals surface area contributed by atoms with E-state index < -0.39 is 5.82 Å². The number of amides is 1. The summed E-state index contributed by atoms with van der Waals surface area (Å²) in [6.45, 7) is 4.72. The van der Waals surface area contributed by atoms with Crippen molar-refractivity contribution < 1.29 is 18.7 Å². The number of rotatable bonds is 5. The third-order valence-electron chi connectivity index (χ3n) is 4.33. The van der Waals surface area contributed by atoms with Crippen LogP contribution in [0.4, 0.5) is 20.7 Å². The van der Waals surface area contributed by atoms with Gasteiger partial charge in [0, 0.05) is 32.0 Å². The minimum atomic E-state index is -0.550. The standard InChI is InChI=1S/C20H22FN5O3/c1-13(2)28-20(27)26-7-5-15(6-8-26)29-19-10-18(23-12-24-19)25-17-4-3-14(11-22)9-16(17)21/h3-4,9-10,12-13,15H,5-8H2,1-2H3,(H,23,24,25). The number of ether oxygens (including phenoxy) is 2. The Kier molecular flexibility index (Phi) is 6.44. The van der Waals surface area contributed by atoms with Crippen LogP contribution in [0.25, 0.3) is 0 Å². The third kappa shape index (κ3) is 5.54. The van der Waals surface area contributed by atoms with Gasteiger partial charge in [-0.15, -0.1) is 0 Å². The zero-order valence-electron chi connectivity index (χ0n) is 16.3. The number of nitrogens with zero attached hydrogens (tertiary/aromatic N) is 4. The normalized spacial score (nSPS) is 14.4. The lowest BCUT2D eigenvalue weighted by Crippen LogP contribution is -2.42. The molecule has 0 radical (unpaired) electrons. The molecule has 8 nitrogen and oxygen atoms in total. The number of carbonyl (C=O) groups excluding carboxylic acids is 1. The van der Waals surface area contributed by atoms with Gasteiger partial charge in [0.2, 0.25) is 5.88 Å². The number of hydrogen-bond donors (Lipinski definition) is 1. The zero-order valence-corrected chi connectivity index (χ0v) is 16.3. The number of nitrogens with one attached hydrogen (secondary N) is 1. The SMILES string of the molecule is CC(C)OC(=O)N1CCC(Oc2cc(Nc3ccc(C#N)cc3F)ncn2)CC1. The van der Waals surface area contributed by atoms with Gasteiger partial charge in [0.05, 0.1) is 23.4 Å². The van der Waals surface area contributed by atoms with Gasteiger partial charge in [-0.25, -0.2) is 19.2 Å². The molecule has 1 aromatic heterocycles. The number of nitriles is 1. The molecular weight excluding hydrogens is 377 g/mol. The second kappa shape index (κ2) is 9.19. The molecule has 2 aromatic rings. The molecule has 3 rings (SSSR count). The molecule has 1 amide bonds. The molecule has 2 heterocycles. The second-order valence-electron chi connectivity index (χ2n) is 6.91. The summed E-state index contributed by atoms with van der Waals surface area (Å²) in [7, 11) is 0. The molecule has 1 saturated heterocycles. The zero-order chi connectivity index (χ0) is 20.8. The maximum Gasteiger partial charge on any atom is 0.410 e. The first kappa shape index (κ1) is 20.3. The van der Waals surface area contributed by atoms with Crippen molar-refractivity contribution in [1.29, 1.82) is 5.26 Å². The molecule has 0 spiro atoms. The summed E-state index contributed by atoms with van der Waals surface area (Å²) >= 11 is 0. The van der Waals surface area contributed by atoms with Crippen molar-refractivity contribution in [2.24, 2.45) is 0 Å². The van der Waals surface area contributed by atoms with Crippen LogP contribution in [0.3, 0.4) is 0 Å². The second-order valence-corrected chi connectivity index (χ2v) is 6.91. The van der Waals surface area contributed by atoms with Crippen LogP contribution in [-0.2, 0) is 4.74 Å². The molecule has 152 valence electrons. The van der Waals surface area contributed by atoms with Crippen LogP contribution in [0.1, 0.15) is 32.3 Å². The third-order valence-corrected chi connectivity index (χ3v) is 4.33. The first-order valence-electron chi connectivity index (χ1n) is 9.35. The Morgan fingerprint density at radius 1 is 1.31 bits per heavy atom. The number of likely N-dealkylation sites (tertiary alicyclic amines) is 1. The summed E-state index contributed by atoms with van der Waals surface area (Å²) in [4.78, 5) is 21.8. The highest BCUT2D eigenvalue weighted by atomic mass is 19.1. The summed E-state index contributed by atoms with van der Waals surface area (Å²) in [5.74, 6) is 0.183. The topological polar surface area (TPSA) is 100 Å². The van der Waals surface area contributed by atoms with Gasteiger partial charge >= 0.3 is 6.09 Å². The predicted octanol–water partition coefficient (Wildman–Crippen LogP) is 3.62. The molecule has 0 atom stereocenters. The highest BCUT2D eigenvalue weighted by Crippen LogP contribution is 2.23. The fourth-order valence-electron chi connectivity index (χ4n) is 2.90. The summed E-state index contributed by atoms with van der Waals surface area (Å²) < 4.78 is 25.2. The maximum absolute atomic E-state index is 14.0. The van der Waals surface area contributed by atoms with Crippen LogP contribution in [0.2, 0.25) is 0 Å². The number of anilines is 2. The van der Waals surface area contributed by atoms with Gasteiger partial charge in [-0.2, -0.15) is 5.26 Å². The van der Waals surface area contributed by atoms with Crippen molar-refractivity contribution in [2.75, 3.05) is 18.4 Å². The van der Waals surface area contributed by atoms with Crippen LogP contribution >= 0.6 is 0 Å². The van der Waals surface area contributed by atoms with Gasteiger partial charge in [-0.05, 0) is 32.0 Å². The number of halogens is 1. The molecule has 1 fully saturated rings. The minimum Gasteiger partial charge on any atom is -0.474 e. The van der Waals surface area contributed by atoms with Crippen molar-refractivity contribution in [3.63, 3.8) is 0 Å². The average Bonchev–Trinajstić information content (AvgIpc) is 2.70. The molecular formula is C20H22FN5O3. The molecule has 29 heavy (non-hydrogen) atoms. The Morgan fingerprint density at radius 2 is 2.07 bits per heavy atom. The van der Waals surface area contributed by atoms with E-state index in [1.807, 2.05) is 19.9 Å². The van der Waals surface area contributed by atoms with E-state index in [0.717, 1.165) is 6.07 Å². The van der Waals surface area contributed by atoms with Crippen LogP contribution in [0, 0.1) is 17.1 Å². The predicted molar refractivity (Wildman–Crippen MR) is 103 cm³/mol. The molecule has 9 heteroatoms. The lowest BCUT2D eigenvalue weighted by Gasteiger charge is -2.31. The molecule has 1 aliphatic heterocycles. The smallest absolute Gasteiger partial charge is 0.410 e. The molecule has 1 N–H and O–H groups in total. The Hall–Kier alpha value is -3.41. The van der Waals surface area contributed by atoms with E-state index in [-0.39, 0.29) is 29.6 Å². The van der Waals surface area contributed by atoms with Gasteiger partial charge in [-0.3, -0.25) is 0 Å². The fourth-order valence-corrected chi connectivity index (χ4v) is 2.90. The number of hydrogen-bond acceptors (Lipinski definition) is 7. The Balaban J connectivity index is 1.57. The number of aromatic nitrogens is 2. The average molecular weight is 399 g/mol. The summed E-state index contributed by atoms with van der Waals surface area (Å²) in [6, 6.07) is 7.61. The van der Waals surface area contributed by atoms with E-state index in [2.05, 4.69) is 15.3 Å². The first-order chi connectivity index (χ1) is 13.9. The fraction of sp³-hybridized carbons (Fsp3) is 0.400. The van der Waals surface area contributed by atoms with Gasteiger partial charge in [0.25, 0.3) is 0 Å². The van der Waals surface area contributed by atoms with E-state index >= 15 is 0 Å². The van der Waals surface area contributed by atoms with Crippen molar-refractivity contribution in [2.45, 2.75) is 38.9 Å². The summed E-state index contributed by atoms with van der Waals surface area (Å²) in [5.41, 5.74) is 0.439. The van der Waals surface area contributed by atoms with E-state index in [0.29, 0.717) is 37.6 Å². The quantitative estimate of drug-likeness (QED) is 0.819. The molecule has 0 aliphatic carbocycles. The van der Waals surface area contributed by atoms with Crippen molar-refractivity contribution >= 4 is 17.6 Å². The Morgan fingerprint density at radius 3 is 2.72 bits per heavy atom. The summed E-state index contributed by atoms with van der Waals surface area (Å²) in [5, 5.41) is 11.7.